The van der Waals surface area contributed by atoms with Gasteiger partial charge in [0, 0.05) is 43.4 Å². The predicted molar refractivity (Wildman–Crippen MR) is 136 cm³/mol. The van der Waals surface area contributed by atoms with Crippen molar-refractivity contribution in [3.05, 3.63) is 87.7 Å². The molecule has 7 nitrogen and oxygen atoms in total. The number of fused-ring (bicyclic) bond motifs is 1. The van der Waals surface area contributed by atoms with Crippen LogP contribution in [0.2, 0.25) is 5.02 Å². The number of anilines is 1. The van der Waals surface area contributed by atoms with Crippen molar-refractivity contribution in [1.29, 1.82) is 0 Å². The molecule has 0 aliphatic carbocycles. The fourth-order valence-corrected chi connectivity index (χ4v) is 4.52. The van der Waals surface area contributed by atoms with Crippen LogP contribution in [0.4, 0.5) is 5.69 Å². The van der Waals surface area contributed by atoms with Gasteiger partial charge in [0.25, 0.3) is 0 Å². The molecule has 35 heavy (non-hydrogen) atoms. The van der Waals surface area contributed by atoms with Gasteiger partial charge in [0.05, 0.1) is 18.1 Å². The second-order valence-corrected chi connectivity index (χ2v) is 8.80. The molecule has 1 aliphatic heterocycles. The van der Waals surface area contributed by atoms with Gasteiger partial charge in [0.15, 0.2) is 11.5 Å². The zero-order valence-electron chi connectivity index (χ0n) is 19.2. The maximum Gasteiger partial charge on any atom is 0.235 e. The number of benzene rings is 3. The van der Waals surface area contributed by atoms with Crippen LogP contribution in [0.3, 0.4) is 0 Å². The molecule has 0 bridgehead atoms. The van der Waals surface area contributed by atoms with Crippen molar-refractivity contribution < 1.29 is 19.0 Å². The van der Waals surface area contributed by atoms with Crippen molar-refractivity contribution in [1.82, 2.24) is 4.90 Å². The van der Waals surface area contributed by atoms with E-state index in [9.17, 15) is 9.90 Å². The van der Waals surface area contributed by atoms with E-state index in [4.69, 9.17) is 25.5 Å². The number of nitrogens with zero attached hydrogens (tertiary/aromatic N) is 2. The van der Waals surface area contributed by atoms with Crippen LogP contribution in [0.5, 0.6) is 23.0 Å². The third-order valence-corrected chi connectivity index (χ3v) is 6.44. The highest BCUT2D eigenvalue weighted by Gasteiger charge is 2.22. The highest BCUT2D eigenvalue weighted by molar-refractivity contribution is 6.30. The van der Waals surface area contributed by atoms with E-state index < -0.39 is 0 Å². The molecule has 1 saturated heterocycles. The number of halogens is 1. The van der Waals surface area contributed by atoms with E-state index in [1.807, 2.05) is 24.3 Å². The van der Waals surface area contributed by atoms with Gasteiger partial charge in [-0.15, -0.1) is 0 Å². The fraction of sp³-hybridized carbons (Fsp3) is 0.222. The lowest BCUT2D eigenvalue weighted by Gasteiger charge is -2.36. The second kappa shape index (κ2) is 9.90. The summed E-state index contributed by atoms with van der Waals surface area (Å²) < 4.78 is 17.0. The molecule has 1 N–H and O–H groups in total. The molecule has 1 fully saturated rings. The quantitative estimate of drug-likeness (QED) is 0.392. The summed E-state index contributed by atoms with van der Waals surface area (Å²) >= 11 is 6.14. The minimum atomic E-state index is -0.316. The van der Waals surface area contributed by atoms with Gasteiger partial charge in [-0.25, -0.2) is 0 Å². The van der Waals surface area contributed by atoms with Crippen molar-refractivity contribution in [2.45, 2.75) is 6.54 Å². The third kappa shape index (κ3) is 4.78. The lowest BCUT2D eigenvalue weighted by atomic mass is 10.1. The SMILES string of the molecule is COc1ccccc1Oc1coc2c(CN3CCN(c4cccc(Cl)c4)CC3)c(O)ccc2c1=O. The summed E-state index contributed by atoms with van der Waals surface area (Å²) in [5, 5.41) is 11.7. The Bertz CT molecular complexity index is 1410. The van der Waals surface area contributed by atoms with Crippen LogP contribution in [0, 0.1) is 0 Å². The number of ether oxygens (including phenoxy) is 2. The number of hydrogen-bond donors (Lipinski definition) is 1. The Hall–Kier alpha value is -3.68. The largest absolute Gasteiger partial charge is 0.507 e. The summed E-state index contributed by atoms with van der Waals surface area (Å²) in [6, 6.07) is 18.0. The van der Waals surface area contributed by atoms with Crippen LogP contribution in [-0.2, 0) is 6.54 Å². The van der Waals surface area contributed by atoms with Gasteiger partial charge in [0.1, 0.15) is 17.6 Å². The molecule has 4 aromatic rings. The van der Waals surface area contributed by atoms with Crippen LogP contribution in [0.15, 0.2) is 76.1 Å². The van der Waals surface area contributed by atoms with Crippen LogP contribution < -0.4 is 19.8 Å². The highest BCUT2D eigenvalue weighted by Crippen LogP contribution is 2.33. The van der Waals surface area contributed by atoms with Gasteiger partial charge in [-0.1, -0.05) is 29.8 Å². The molecule has 0 unspecified atom stereocenters. The number of phenols is 1. The van der Waals surface area contributed by atoms with Crippen molar-refractivity contribution in [3.63, 3.8) is 0 Å². The van der Waals surface area contributed by atoms with Crippen molar-refractivity contribution in [3.8, 4) is 23.0 Å². The smallest absolute Gasteiger partial charge is 0.235 e. The van der Waals surface area contributed by atoms with E-state index in [0.717, 1.165) is 36.9 Å². The lowest BCUT2D eigenvalue weighted by Crippen LogP contribution is -2.46. The molecule has 0 spiro atoms. The summed E-state index contributed by atoms with van der Waals surface area (Å²) in [6.45, 7) is 3.70. The molecule has 0 amide bonds. The van der Waals surface area contributed by atoms with Gasteiger partial charge in [-0.2, -0.15) is 0 Å². The normalized spacial score (nSPS) is 14.3. The number of para-hydroxylation sites is 2. The van der Waals surface area contributed by atoms with Crippen LogP contribution >= 0.6 is 11.6 Å². The first kappa shape index (κ1) is 23.1. The second-order valence-electron chi connectivity index (χ2n) is 8.36. The Morgan fingerprint density at radius 3 is 2.49 bits per heavy atom. The molecule has 1 aliphatic rings. The van der Waals surface area contributed by atoms with Gasteiger partial charge in [-0.3, -0.25) is 9.69 Å². The average Bonchev–Trinajstić information content (AvgIpc) is 2.88. The van der Waals surface area contributed by atoms with Crippen molar-refractivity contribution in [2.24, 2.45) is 0 Å². The lowest BCUT2D eigenvalue weighted by molar-refractivity contribution is 0.246. The van der Waals surface area contributed by atoms with Crippen LogP contribution in [0.25, 0.3) is 11.0 Å². The maximum absolute atomic E-state index is 13.2. The topological polar surface area (TPSA) is 75.4 Å². The Kier molecular flexibility index (Phi) is 6.53. The predicted octanol–water partition coefficient (Wildman–Crippen LogP) is 5.28. The third-order valence-electron chi connectivity index (χ3n) is 6.20. The summed E-state index contributed by atoms with van der Waals surface area (Å²) in [4.78, 5) is 17.7. The summed E-state index contributed by atoms with van der Waals surface area (Å²) in [6.07, 6.45) is 1.29. The molecule has 0 saturated carbocycles. The Morgan fingerprint density at radius 2 is 1.74 bits per heavy atom. The molecule has 3 aromatic carbocycles. The molecule has 1 aromatic heterocycles. The summed E-state index contributed by atoms with van der Waals surface area (Å²) in [5.74, 6) is 1.07. The zero-order valence-corrected chi connectivity index (χ0v) is 20.0. The van der Waals surface area contributed by atoms with Crippen molar-refractivity contribution >= 4 is 28.3 Å². The number of rotatable bonds is 6. The molecule has 8 heteroatoms. The molecule has 0 radical (unpaired) electrons. The Balaban J connectivity index is 1.37. The fourth-order valence-electron chi connectivity index (χ4n) is 4.33. The molecule has 180 valence electrons. The number of methoxy groups -OCH3 is 1. The van der Waals surface area contributed by atoms with Gasteiger partial charge >= 0.3 is 0 Å². The van der Waals surface area contributed by atoms with Crippen molar-refractivity contribution in [2.75, 3.05) is 38.2 Å². The minimum absolute atomic E-state index is 0.0498. The molecule has 5 rings (SSSR count). The molecular formula is C27H25ClN2O5. The van der Waals surface area contributed by atoms with E-state index in [0.29, 0.717) is 34.6 Å². The molecule has 0 atom stereocenters. The first-order valence-electron chi connectivity index (χ1n) is 11.3. The Morgan fingerprint density at radius 1 is 0.971 bits per heavy atom. The van der Waals surface area contributed by atoms with E-state index >= 15 is 0 Å². The van der Waals surface area contributed by atoms with E-state index in [1.54, 1.807) is 24.3 Å². The average molecular weight is 493 g/mol. The van der Waals surface area contributed by atoms with E-state index in [2.05, 4.69) is 15.9 Å². The maximum atomic E-state index is 13.2. The number of piperazine rings is 1. The zero-order chi connectivity index (χ0) is 24.4. The van der Waals surface area contributed by atoms with E-state index in [-0.39, 0.29) is 16.9 Å². The van der Waals surface area contributed by atoms with Crippen LogP contribution in [0.1, 0.15) is 5.56 Å². The monoisotopic (exact) mass is 492 g/mol. The van der Waals surface area contributed by atoms with E-state index in [1.165, 1.54) is 19.4 Å². The van der Waals surface area contributed by atoms with Crippen LogP contribution in [-0.4, -0.2) is 43.3 Å². The first-order valence-corrected chi connectivity index (χ1v) is 11.7. The van der Waals surface area contributed by atoms with Gasteiger partial charge < -0.3 is 23.9 Å². The number of phenolic OH excluding ortho intramolecular Hbond substituents is 1. The summed E-state index contributed by atoms with van der Waals surface area (Å²) in [5.41, 5.74) is 1.72. The number of hydrogen-bond acceptors (Lipinski definition) is 7. The molecular weight excluding hydrogens is 468 g/mol. The summed E-state index contributed by atoms with van der Waals surface area (Å²) in [7, 11) is 1.54. The number of aromatic hydroxyl groups is 1. The Labute approximate surface area is 207 Å². The van der Waals surface area contributed by atoms with Gasteiger partial charge in [0.2, 0.25) is 11.2 Å². The minimum Gasteiger partial charge on any atom is -0.507 e. The molecule has 2 heterocycles. The highest BCUT2D eigenvalue weighted by atomic mass is 35.5. The first-order chi connectivity index (χ1) is 17.0. The van der Waals surface area contributed by atoms with Gasteiger partial charge in [-0.05, 0) is 42.5 Å². The standard InChI is InChI=1S/C27H25ClN2O5/c1-33-23-7-2-3-8-24(23)35-25-17-34-27-20(26(25)32)9-10-22(31)21(27)16-29-11-13-30(14-12-29)19-6-4-5-18(28)15-19/h2-10,15,17,31H,11-14,16H2,1H3.